The lowest BCUT2D eigenvalue weighted by molar-refractivity contribution is -0.161. The van der Waals surface area contributed by atoms with Gasteiger partial charge in [-0.2, -0.15) is 0 Å². The first-order valence-electron chi connectivity index (χ1n) is 19.1. The van der Waals surface area contributed by atoms with Crippen molar-refractivity contribution in [3.8, 4) is 0 Å². The maximum absolute atomic E-state index is 12.2. The first-order valence-corrected chi connectivity index (χ1v) is 19.1. The van der Waals surface area contributed by atoms with E-state index in [0.717, 1.165) is 96.3 Å². The molecule has 0 radical (unpaired) electrons. The molecule has 0 aliphatic rings. The number of allylic oxidation sites excluding steroid dienone is 20. The third-order valence-electron chi connectivity index (χ3n) is 7.25. The first kappa shape index (κ1) is 46.3. The summed E-state index contributed by atoms with van der Waals surface area (Å²) in [5.74, 6) is -0.713. The minimum absolute atomic E-state index is 0.118. The Labute approximate surface area is 305 Å². The fourth-order valence-electron chi connectivity index (χ4n) is 4.44. The van der Waals surface area contributed by atoms with Crippen LogP contribution in [0.2, 0.25) is 0 Å². The number of carbonyl (C=O) groups excluding carboxylic acids is 2. The van der Waals surface area contributed by atoms with Crippen molar-refractivity contribution in [1.29, 1.82) is 0 Å². The standard InChI is InChI=1S/C45H68O5/c1-3-5-7-9-11-13-15-17-19-21-22-24-26-28-30-32-34-36-38-40-45(48)50-43(41-46)42-49-44(47)39-37-35-33-31-29-27-25-23-20-18-16-14-12-10-8-6-4-2/h5-8,11-14,17-20,22,24-25,27-28,30-31,33,43,46H,3-4,9-10,15-16,21,23,26,29,32,34-42H2,1-2H3. The second-order valence-electron chi connectivity index (χ2n) is 11.9. The number of aliphatic hydroxyl groups is 1. The number of ether oxygens (including phenoxy) is 2. The van der Waals surface area contributed by atoms with E-state index in [0.29, 0.717) is 12.8 Å². The van der Waals surface area contributed by atoms with Crippen LogP contribution in [0.1, 0.15) is 129 Å². The van der Waals surface area contributed by atoms with Crippen molar-refractivity contribution < 1.29 is 24.2 Å². The molecule has 0 fully saturated rings. The summed E-state index contributed by atoms with van der Waals surface area (Å²) >= 11 is 0. The van der Waals surface area contributed by atoms with E-state index in [-0.39, 0.29) is 31.6 Å². The predicted octanol–water partition coefficient (Wildman–Crippen LogP) is 12.1. The van der Waals surface area contributed by atoms with Crippen LogP contribution >= 0.6 is 0 Å². The van der Waals surface area contributed by atoms with E-state index in [4.69, 9.17) is 9.47 Å². The van der Waals surface area contributed by atoms with Crippen molar-refractivity contribution in [2.24, 2.45) is 0 Å². The monoisotopic (exact) mass is 689 g/mol. The summed E-state index contributed by atoms with van der Waals surface area (Å²) in [7, 11) is 0. The molecule has 0 aromatic carbocycles. The molecule has 0 spiro atoms. The van der Waals surface area contributed by atoms with Crippen LogP contribution in [0.25, 0.3) is 0 Å². The van der Waals surface area contributed by atoms with Crippen LogP contribution in [0.5, 0.6) is 0 Å². The van der Waals surface area contributed by atoms with Gasteiger partial charge >= 0.3 is 11.9 Å². The molecule has 0 amide bonds. The van der Waals surface area contributed by atoms with Gasteiger partial charge in [0.05, 0.1) is 6.61 Å². The molecule has 50 heavy (non-hydrogen) atoms. The maximum atomic E-state index is 12.2. The van der Waals surface area contributed by atoms with Crippen LogP contribution < -0.4 is 0 Å². The Morgan fingerprint density at radius 2 is 0.820 bits per heavy atom. The number of aliphatic hydroxyl groups excluding tert-OH is 1. The molecule has 1 N–H and O–H groups in total. The van der Waals surface area contributed by atoms with Crippen LogP contribution in [-0.2, 0) is 19.1 Å². The van der Waals surface area contributed by atoms with Gasteiger partial charge in [0.15, 0.2) is 6.10 Å². The summed E-state index contributed by atoms with van der Waals surface area (Å²) in [6.45, 7) is 3.80. The van der Waals surface area contributed by atoms with Crippen molar-refractivity contribution in [2.45, 2.75) is 136 Å². The lowest BCUT2D eigenvalue weighted by Gasteiger charge is -2.15. The Morgan fingerprint density at radius 1 is 0.460 bits per heavy atom. The summed E-state index contributed by atoms with van der Waals surface area (Å²) in [6.07, 6.45) is 58.3. The first-order chi connectivity index (χ1) is 24.6. The summed E-state index contributed by atoms with van der Waals surface area (Å²) < 4.78 is 10.5. The highest BCUT2D eigenvalue weighted by molar-refractivity contribution is 5.70. The van der Waals surface area contributed by atoms with Crippen molar-refractivity contribution in [2.75, 3.05) is 13.2 Å². The van der Waals surface area contributed by atoms with Gasteiger partial charge in [0, 0.05) is 12.8 Å². The zero-order valence-corrected chi connectivity index (χ0v) is 31.3. The predicted molar refractivity (Wildman–Crippen MR) is 214 cm³/mol. The fourth-order valence-corrected chi connectivity index (χ4v) is 4.44. The summed E-state index contributed by atoms with van der Waals surface area (Å²) in [6, 6.07) is 0. The van der Waals surface area contributed by atoms with E-state index in [1.165, 1.54) is 0 Å². The lowest BCUT2D eigenvalue weighted by atomic mass is 10.1. The zero-order chi connectivity index (χ0) is 36.4. The number of esters is 2. The quantitative estimate of drug-likeness (QED) is 0.0433. The van der Waals surface area contributed by atoms with E-state index in [2.05, 4.69) is 135 Å². The number of rotatable bonds is 32. The molecule has 0 aromatic heterocycles. The van der Waals surface area contributed by atoms with Crippen molar-refractivity contribution >= 4 is 11.9 Å². The average Bonchev–Trinajstić information content (AvgIpc) is 3.12. The highest BCUT2D eigenvalue weighted by atomic mass is 16.6. The average molecular weight is 689 g/mol. The maximum Gasteiger partial charge on any atom is 0.306 e. The minimum atomic E-state index is -0.821. The summed E-state index contributed by atoms with van der Waals surface area (Å²) in [4.78, 5) is 24.2. The van der Waals surface area contributed by atoms with Crippen LogP contribution in [0.3, 0.4) is 0 Å². The Bertz CT molecular complexity index is 1100. The number of hydrogen-bond donors (Lipinski definition) is 1. The molecule has 0 heterocycles. The molecule has 0 saturated carbocycles. The molecule has 0 saturated heterocycles. The molecule has 1 unspecified atom stereocenters. The minimum Gasteiger partial charge on any atom is -0.462 e. The topological polar surface area (TPSA) is 72.8 Å². The van der Waals surface area contributed by atoms with Crippen LogP contribution in [0.4, 0.5) is 0 Å². The fraction of sp³-hybridized carbons (Fsp3) is 0.511. The molecule has 5 heteroatoms. The number of unbranched alkanes of at least 4 members (excludes halogenated alkanes) is 4. The molecule has 5 nitrogen and oxygen atoms in total. The number of carbonyl (C=O) groups is 2. The van der Waals surface area contributed by atoms with E-state index in [9.17, 15) is 14.7 Å². The smallest absolute Gasteiger partial charge is 0.306 e. The van der Waals surface area contributed by atoms with Crippen LogP contribution in [0, 0.1) is 0 Å². The van der Waals surface area contributed by atoms with Gasteiger partial charge in [-0.05, 0) is 96.3 Å². The Hall–Kier alpha value is -3.70. The SMILES string of the molecule is CCC=CCC=CCC=CCC=CCC=CCCCCCC(=O)OC(CO)COC(=O)CCCC=CCC=CCC=CCC=CCC=CCC. The highest BCUT2D eigenvalue weighted by Crippen LogP contribution is 2.08. The second-order valence-corrected chi connectivity index (χ2v) is 11.9. The van der Waals surface area contributed by atoms with Crippen molar-refractivity contribution in [3.05, 3.63) is 122 Å². The molecule has 0 aliphatic heterocycles. The largest absolute Gasteiger partial charge is 0.462 e. The van der Waals surface area contributed by atoms with Gasteiger partial charge in [0.2, 0.25) is 0 Å². The third-order valence-corrected chi connectivity index (χ3v) is 7.25. The zero-order valence-electron chi connectivity index (χ0n) is 31.3. The van der Waals surface area contributed by atoms with Crippen molar-refractivity contribution in [1.82, 2.24) is 0 Å². The molecule has 1 atom stereocenters. The molecular weight excluding hydrogens is 620 g/mol. The van der Waals surface area contributed by atoms with Gasteiger partial charge in [0.25, 0.3) is 0 Å². The summed E-state index contributed by atoms with van der Waals surface area (Å²) in [5, 5.41) is 9.54. The van der Waals surface area contributed by atoms with Gasteiger partial charge in [-0.15, -0.1) is 0 Å². The van der Waals surface area contributed by atoms with Gasteiger partial charge < -0.3 is 14.6 Å². The van der Waals surface area contributed by atoms with E-state index in [1.54, 1.807) is 0 Å². The van der Waals surface area contributed by atoms with Gasteiger partial charge in [-0.1, -0.05) is 142 Å². The highest BCUT2D eigenvalue weighted by Gasteiger charge is 2.15. The van der Waals surface area contributed by atoms with E-state index >= 15 is 0 Å². The Kier molecular flexibility index (Phi) is 36.8. The van der Waals surface area contributed by atoms with Gasteiger partial charge in [-0.3, -0.25) is 9.59 Å². The molecule has 0 aromatic rings. The third kappa shape index (κ3) is 37.1. The summed E-state index contributed by atoms with van der Waals surface area (Å²) in [5.41, 5.74) is 0. The normalized spacial score (nSPS) is 13.6. The molecule has 0 aliphatic carbocycles. The van der Waals surface area contributed by atoms with Crippen LogP contribution in [0.15, 0.2) is 122 Å². The Balaban J connectivity index is 3.79. The molecule has 0 rings (SSSR count). The van der Waals surface area contributed by atoms with Gasteiger partial charge in [-0.25, -0.2) is 0 Å². The molecular formula is C45H68O5. The number of hydrogen-bond acceptors (Lipinski definition) is 5. The molecule has 278 valence electrons. The lowest BCUT2D eigenvalue weighted by Crippen LogP contribution is -2.28. The molecule has 0 bridgehead atoms. The van der Waals surface area contributed by atoms with E-state index < -0.39 is 6.10 Å². The van der Waals surface area contributed by atoms with Crippen LogP contribution in [-0.4, -0.2) is 36.4 Å². The van der Waals surface area contributed by atoms with Gasteiger partial charge in [0.1, 0.15) is 6.61 Å². The Morgan fingerprint density at radius 3 is 1.22 bits per heavy atom. The second kappa shape index (κ2) is 39.7. The van der Waals surface area contributed by atoms with Crippen molar-refractivity contribution in [3.63, 3.8) is 0 Å². The van der Waals surface area contributed by atoms with E-state index in [1.807, 2.05) is 0 Å².